The highest BCUT2D eigenvalue weighted by Crippen LogP contribution is 2.20. The van der Waals surface area contributed by atoms with Gasteiger partial charge in [0.05, 0.1) is 6.04 Å². The van der Waals surface area contributed by atoms with Crippen molar-refractivity contribution in [3.05, 3.63) is 36.0 Å². The van der Waals surface area contributed by atoms with Gasteiger partial charge in [-0.05, 0) is 31.9 Å². The molecule has 8 heteroatoms. The van der Waals surface area contributed by atoms with E-state index in [0.29, 0.717) is 57.8 Å². The molecule has 160 valence electrons. The maximum Gasteiger partial charge on any atom is 0.270 e. The van der Waals surface area contributed by atoms with Crippen molar-refractivity contribution in [1.82, 2.24) is 19.7 Å². The molecule has 2 fully saturated rings. The molecule has 3 N–H and O–H groups in total. The molecule has 30 heavy (non-hydrogen) atoms. The summed E-state index contributed by atoms with van der Waals surface area (Å²) >= 11 is 0. The van der Waals surface area contributed by atoms with Gasteiger partial charge in [-0.2, -0.15) is 0 Å². The molecule has 3 amide bonds. The smallest absolute Gasteiger partial charge is 0.270 e. The lowest BCUT2D eigenvalue weighted by Gasteiger charge is -2.40. The van der Waals surface area contributed by atoms with Crippen LogP contribution in [0, 0.1) is 5.92 Å². The molecule has 1 aromatic heterocycles. The topological polar surface area (TPSA) is 103 Å². The van der Waals surface area contributed by atoms with Crippen molar-refractivity contribution in [2.24, 2.45) is 11.7 Å². The van der Waals surface area contributed by atoms with Crippen molar-refractivity contribution >= 4 is 28.6 Å². The van der Waals surface area contributed by atoms with Crippen molar-refractivity contribution in [2.75, 3.05) is 39.3 Å². The van der Waals surface area contributed by atoms with E-state index in [4.69, 9.17) is 5.73 Å². The summed E-state index contributed by atoms with van der Waals surface area (Å²) in [6, 6.07) is 9.51. The van der Waals surface area contributed by atoms with E-state index in [1.807, 2.05) is 47.1 Å². The Kier molecular flexibility index (Phi) is 5.76. The molecule has 2 saturated heterocycles. The minimum Gasteiger partial charge on any atom is -0.369 e. The summed E-state index contributed by atoms with van der Waals surface area (Å²) in [5, 5.41) is 1.03. The van der Waals surface area contributed by atoms with Crippen molar-refractivity contribution in [3.63, 3.8) is 0 Å². The minimum atomic E-state index is -0.272. The lowest BCUT2D eigenvalue weighted by molar-refractivity contribution is -0.139. The molecule has 4 rings (SSSR count). The number of nitrogens with zero attached hydrogens (tertiary/aromatic N) is 3. The van der Waals surface area contributed by atoms with Crippen LogP contribution in [0.1, 0.15) is 30.3 Å². The first-order valence-corrected chi connectivity index (χ1v) is 10.6. The minimum absolute atomic E-state index is 0.00152. The lowest BCUT2D eigenvalue weighted by atomic mass is 9.96. The predicted molar refractivity (Wildman–Crippen MR) is 114 cm³/mol. The largest absolute Gasteiger partial charge is 0.369 e. The van der Waals surface area contributed by atoms with Crippen LogP contribution >= 0.6 is 0 Å². The number of carbonyl (C=O) groups is 3. The zero-order chi connectivity index (χ0) is 21.3. The van der Waals surface area contributed by atoms with Gasteiger partial charge in [-0.25, -0.2) is 0 Å². The molecule has 0 spiro atoms. The molecule has 1 atom stereocenters. The number of primary amides is 1. The summed E-state index contributed by atoms with van der Waals surface area (Å²) in [5.74, 6) is -0.305. The first-order valence-electron chi connectivity index (χ1n) is 10.6. The summed E-state index contributed by atoms with van der Waals surface area (Å²) < 4.78 is 0. The molecule has 2 aromatic rings. The molecule has 2 aliphatic rings. The molecule has 1 unspecified atom stereocenters. The number of benzene rings is 1. The van der Waals surface area contributed by atoms with E-state index < -0.39 is 0 Å². The van der Waals surface area contributed by atoms with Gasteiger partial charge in [0.2, 0.25) is 11.8 Å². The number of carbonyl (C=O) groups excluding carboxylic acids is 3. The highest BCUT2D eigenvalue weighted by molar-refractivity contribution is 5.98. The van der Waals surface area contributed by atoms with Crippen LogP contribution in [0.4, 0.5) is 0 Å². The molecule has 1 aromatic carbocycles. The molecule has 3 heterocycles. The van der Waals surface area contributed by atoms with Crippen LogP contribution in [0.2, 0.25) is 0 Å². The first kappa shape index (κ1) is 20.4. The van der Waals surface area contributed by atoms with E-state index in [1.165, 1.54) is 0 Å². The summed E-state index contributed by atoms with van der Waals surface area (Å²) in [4.78, 5) is 46.1. The van der Waals surface area contributed by atoms with Crippen LogP contribution in [0.25, 0.3) is 10.9 Å². The number of likely N-dealkylation sites (tertiary alicyclic amines) is 1. The Morgan fingerprint density at radius 3 is 2.30 bits per heavy atom. The third-order valence-electron chi connectivity index (χ3n) is 6.48. The summed E-state index contributed by atoms with van der Waals surface area (Å²) in [6.07, 6.45) is 1.28. The maximum absolute atomic E-state index is 12.9. The fourth-order valence-electron chi connectivity index (χ4n) is 4.48. The lowest BCUT2D eigenvalue weighted by Crippen LogP contribution is -2.56. The van der Waals surface area contributed by atoms with E-state index in [2.05, 4.69) is 9.88 Å². The SMILES string of the molecule is CC(C(=O)N1CCC(C(N)=O)CC1)N1CCN(C(=O)c2cc3ccccc3[nH]2)CC1. The fourth-order valence-corrected chi connectivity index (χ4v) is 4.48. The first-order chi connectivity index (χ1) is 14.4. The Hall–Kier alpha value is -2.87. The highest BCUT2D eigenvalue weighted by atomic mass is 16.2. The van der Waals surface area contributed by atoms with Crippen molar-refractivity contribution in [3.8, 4) is 0 Å². The van der Waals surface area contributed by atoms with Gasteiger partial charge in [0, 0.05) is 56.1 Å². The number of aromatic amines is 1. The van der Waals surface area contributed by atoms with Crippen molar-refractivity contribution in [1.29, 1.82) is 0 Å². The average molecular weight is 412 g/mol. The third-order valence-corrected chi connectivity index (χ3v) is 6.48. The number of rotatable bonds is 4. The standard InChI is InChI=1S/C22H29N5O3/c1-15(21(29)26-8-6-16(7-9-26)20(23)28)25-10-12-27(13-11-25)22(30)19-14-17-4-2-3-5-18(17)24-19/h2-5,14-16,24H,6-13H2,1H3,(H2,23,28). The van der Waals surface area contributed by atoms with Gasteiger partial charge in [0.1, 0.15) is 5.69 Å². The number of nitrogens with one attached hydrogen (secondary N) is 1. The Labute approximate surface area is 176 Å². The van der Waals surface area contributed by atoms with Gasteiger partial charge in [0.25, 0.3) is 5.91 Å². The van der Waals surface area contributed by atoms with E-state index in [9.17, 15) is 14.4 Å². The number of hydrogen-bond donors (Lipinski definition) is 2. The molecule has 0 bridgehead atoms. The molecule has 2 aliphatic heterocycles. The molecule has 0 saturated carbocycles. The van der Waals surface area contributed by atoms with Gasteiger partial charge in [-0.1, -0.05) is 18.2 Å². The quantitative estimate of drug-likeness (QED) is 0.785. The average Bonchev–Trinajstić information content (AvgIpc) is 3.22. The summed E-state index contributed by atoms with van der Waals surface area (Å²) in [7, 11) is 0. The number of nitrogens with two attached hydrogens (primary N) is 1. The number of H-pyrrole nitrogens is 1. The monoisotopic (exact) mass is 411 g/mol. The van der Waals surface area contributed by atoms with Crippen LogP contribution in [0.3, 0.4) is 0 Å². The highest BCUT2D eigenvalue weighted by Gasteiger charge is 2.33. The molecular formula is C22H29N5O3. The fraction of sp³-hybridized carbons (Fsp3) is 0.500. The molecule has 8 nitrogen and oxygen atoms in total. The van der Waals surface area contributed by atoms with Gasteiger partial charge >= 0.3 is 0 Å². The van der Waals surface area contributed by atoms with E-state index in [1.54, 1.807) is 0 Å². The summed E-state index contributed by atoms with van der Waals surface area (Å²) in [5.41, 5.74) is 6.94. The Morgan fingerprint density at radius 1 is 1.00 bits per heavy atom. The van der Waals surface area contributed by atoms with Crippen molar-refractivity contribution in [2.45, 2.75) is 25.8 Å². The number of piperidine rings is 1. The van der Waals surface area contributed by atoms with Gasteiger partial charge < -0.3 is 20.5 Å². The van der Waals surface area contributed by atoms with Crippen molar-refractivity contribution < 1.29 is 14.4 Å². The third kappa shape index (κ3) is 4.05. The summed E-state index contributed by atoms with van der Waals surface area (Å²) in [6.45, 7) is 5.60. The van der Waals surface area contributed by atoms with Crippen LogP contribution in [-0.2, 0) is 9.59 Å². The molecule has 0 radical (unpaired) electrons. The van der Waals surface area contributed by atoms with E-state index in [0.717, 1.165) is 10.9 Å². The van der Waals surface area contributed by atoms with Gasteiger partial charge in [-0.15, -0.1) is 0 Å². The van der Waals surface area contributed by atoms with Crippen LogP contribution in [-0.4, -0.2) is 82.7 Å². The van der Waals surface area contributed by atoms with Crippen LogP contribution in [0.5, 0.6) is 0 Å². The van der Waals surface area contributed by atoms with Crippen LogP contribution < -0.4 is 5.73 Å². The van der Waals surface area contributed by atoms with Crippen LogP contribution in [0.15, 0.2) is 30.3 Å². The van der Waals surface area contributed by atoms with Gasteiger partial charge in [-0.3, -0.25) is 19.3 Å². The number of piperazine rings is 1. The second kappa shape index (κ2) is 8.47. The zero-order valence-electron chi connectivity index (χ0n) is 17.3. The Morgan fingerprint density at radius 2 is 1.67 bits per heavy atom. The Balaban J connectivity index is 1.31. The number of amides is 3. The van der Waals surface area contributed by atoms with Gasteiger partial charge in [0.15, 0.2) is 0 Å². The number of aromatic nitrogens is 1. The second-order valence-corrected chi connectivity index (χ2v) is 8.28. The molecular weight excluding hydrogens is 382 g/mol. The van der Waals surface area contributed by atoms with E-state index >= 15 is 0 Å². The predicted octanol–water partition coefficient (Wildman–Crippen LogP) is 1.04. The second-order valence-electron chi connectivity index (χ2n) is 8.28. The maximum atomic E-state index is 12.9. The van der Waals surface area contributed by atoms with E-state index in [-0.39, 0.29) is 29.7 Å². The molecule has 0 aliphatic carbocycles. The zero-order valence-corrected chi connectivity index (χ0v) is 17.3. The number of hydrogen-bond acceptors (Lipinski definition) is 4. The number of para-hydroxylation sites is 1. The normalized spacial score (nSPS) is 19.8. The number of fused-ring (bicyclic) bond motifs is 1. The Bertz CT molecular complexity index is 906.